The van der Waals surface area contributed by atoms with Crippen molar-refractivity contribution in [3.8, 4) is 0 Å². The first kappa shape index (κ1) is 7.79. The average molecular weight is 240 g/mol. The third kappa shape index (κ3) is 2.42. The van der Waals surface area contributed by atoms with Crippen molar-refractivity contribution in [2.45, 2.75) is 38.4 Å². The number of hydrogen-bond donors (Lipinski definition) is 0. The van der Waals surface area contributed by atoms with Crippen LogP contribution in [0.3, 0.4) is 0 Å². The first-order valence-electron chi connectivity index (χ1n) is 3.54. The summed E-state index contributed by atoms with van der Waals surface area (Å²) in [4.78, 5) is 0. The van der Waals surface area contributed by atoms with Gasteiger partial charge < -0.3 is 4.74 Å². The molecule has 0 aromatic rings. The fraction of sp³-hybridized carbons (Fsp3) is 1.00. The molecule has 1 aliphatic heterocycles. The monoisotopic (exact) mass is 240 g/mol. The maximum atomic E-state index is 5.63. The van der Waals surface area contributed by atoms with Gasteiger partial charge in [0.2, 0.25) is 0 Å². The van der Waals surface area contributed by atoms with Gasteiger partial charge in [0.05, 0.1) is 12.2 Å². The van der Waals surface area contributed by atoms with Crippen LogP contribution in [0, 0.1) is 0 Å². The van der Waals surface area contributed by atoms with Gasteiger partial charge in [0.1, 0.15) is 0 Å². The Bertz CT molecular complexity index is 85.0. The molecular weight excluding hydrogens is 227 g/mol. The summed E-state index contributed by atoms with van der Waals surface area (Å²) in [5.41, 5.74) is 0. The van der Waals surface area contributed by atoms with E-state index < -0.39 is 0 Å². The number of rotatable bonds is 1. The molecule has 2 atom stereocenters. The predicted molar refractivity (Wildman–Crippen MR) is 47.1 cm³/mol. The van der Waals surface area contributed by atoms with E-state index in [1.165, 1.54) is 19.3 Å². The van der Waals surface area contributed by atoms with Crippen LogP contribution in [-0.2, 0) is 4.74 Å². The van der Waals surface area contributed by atoms with Crippen molar-refractivity contribution in [1.82, 2.24) is 0 Å². The molecule has 2 unspecified atom stereocenters. The molecule has 0 spiro atoms. The molecule has 0 N–H and O–H groups in total. The lowest BCUT2D eigenvalue weighted by atomic mass is 10.1. The summed E-state index contributed by atoms with van der Waals surface area (Å²) in [6.07, 6.45) is 4.95. The van der Waals surface area contributed by atoms with Crippen molar-refractivity contribution in [3.05, 3.63) is 0 Å². The van der Waals surface area contributed by atoms with Crippen molar-refractivity contribution < 1.29 is 4.74 Å². The molecule has 2 heteroatoms. The summed E-state index contributed by atoms with van der Waals surface area (Å²) < 4.78 is 6.78. The largest absolute Gasteiger partial charge is 0.374 e. The molecule has 0 bridgehead atoms. The molecule has 54 valence electrons. The van der Waals surface area contributed by atoms with Gasteiger partial charge in [-0.05, 0) is 26.2 Å². The van der Waals surface area contributed by atoms with Crippen LogP contribution in [0.25, 0.3) is 0 Å². The highest BCUT2D eigenvalue weighted by Gasteiger charge is 2.16. The average Bonchev–Trinajstić information content (AvgIpc) is 1.88. The van der Waals surface area contributed by atoms with Crippen LogP contribution in [0.5, 0.6) is 0 Å². The smallest absolute Gasteiger partial charge is 0.0668 e. The topological polar surface area (TPSA) is 9.23 Å². The van der Waals surface area contributed by atoms with Gasteiger partial charge in [-0.25, -0.2) is 0 Å². The summed E-state index contributed by atoms with van der Waals surface area (Å²) in [5.74, 6) is 0. The normalized spacial score (nSPS) is 36.7. The van der Waals surface area contributed by atoms with Crippen LogP contribution < -0.4 is 0 Å². The van der Waals surface area contributed by atoms with E-state index in [0.29, 0.717) is 12.2 Å². The van der Waals surface area contributed by atoms with Crippen molar-refractivity contribution in [2.75, 3.05) is 4.43 Å². The van der Waals surface area contributed by atoms with Gasteiger partial charge >= 0.3 is 0 Å². The van der Waals surface area contributed by atoms with Crippen LogP contribution in [0.1, 0.15) is 26.2 Å². The van der Waals surface area contributed by atoms with Crippen LogP contribution in [0.2, 0.25) is 0 Å². The molecule has 1 saturated heterocycles. The Morgan fingerprint density at radius 1 is 1.56 bits per heavy atom. The molecule has 0 aromatic carbocycles. The lowest BCUT2D eigenvalue weighted by Gasteiger charge is -2.26. The van der Waals surface area contributed by atoms with Gasteiger partial charge in [0, 0.05) is 4.43 Å². The van der Waals surface area contributed by atoms with Gasteiger partial charge in [-0.3, -0.25) is 0 Å². The number of alkyl halides is 1. The van der Waals surface area contributed by atoms with E-state index in [1.54, 1.807) is 0 Å². The van der Waals surface area contributed by atoms with Crippen molar-refractivity contribution >= 4 is 22.6 Å². The molecule has 1 aliphatic rings. The molecule has 0 amide bonds. The third-order valence-corrected chi connectivity index (χ3v) is 2.72. The van der Waals surface area contributed by atoms with Crippen LogP contribution in [0.4, 0.5) is 0 Å². The summed E-state index contributed by atoms with van der Waals surface area (Å²) in [7, 11) is 0. The van der Waals surface area contributed by atoms with E-state index >= 15 is 0 Å². The van der Waals surface area contributed by atoms with E-state index in [0.717, 1.165) is 4.43 Å². The molecule has 1 heterocycles. The van der Waals surface area contributed by atoms with E-state index in [4.69, 9.17) is 4.74 Å². The second-order valence-corrected chi connectivity index (χ2v) is 3.53. The van der Waals surface area contributed by atoms with Crippen LogP contribution >= 0.6 is 22.6 Å². The van der Waals surface area contributed by atoms with Crippen molar-refractivity contribution in [2.24, 2.45) is 0 Å². The van der Waals surface area contributed by atoms with Gasteiger partial charge in [-0.1, -0.05) is 22.6 Å². The standard InChI is InChI=1S/C7H13IO/c1-6-3-2-4-7(5-8)9-6/h6-7H,2-5H2,1H3. The van der Waals surface area contributed by atoms with Gasteiger partial charge in [0.25, 0.3) is 0 Å². The quantitative estimate of drug-likeness (QED) is 0.505. The molecule has 1 fully saturated rings. The van der Waals surface area contributed by atoms with Crippen molar-refractivity contribution in [1.29, 1.82) is 0 Å². The number of halogens is 1. The zero-order chi connectivity index (χ0) is 6.69. The minimum Gasteiger partial charge on any atom is -0.374 e. The van der Waals surface area contributed by atoms with E-state index in [-0.39, 0.29) is 0 Å². The molecule has 0 radical (unpaired) electrons. The van der Waals surface area contributed by atoms with Crippen LogP contribution in [0.15, 0.2) is 0 Å². The zero-order valence-electron chi connectivity index (χ0n) is 5.77. The molecule has 1 nitrogen and oxygen atoms in total. The van der Waals surface area contributed by atoms with E-state index in [2.05, 4.69) is 29.5 Å². The second kappa shape index (κ2) is 3.76. The molecule has 1 rings (SSSR count). The zero-order valence-corrected chi connectivity index (χ0v) is 7.93. The highest BCUT2D eigenvalue weighted by atomic mass is 127. The van der Waals surface area contributed by atoms with Crippen LogP contribution in [-0.4, -0.2) is 16.6 Å². The molecule has 0 aromatic heterocycles. The Balaban J connectivity index is 2.23. The fourth-order valence-electron chi connectivity index (χ4n) is 1.21. The Labute approximate surface area is 70.3 Å². The van der Waals surface area contributed by atoms with Gasteiger partial charge in [0.15, 0.2) is 0 Å². The predicted octanol–water partition coefficient (Wildman–Crippen LogP) is 2.38. The lowest BCUT2D eigenvalue weighted by molar-refractivity contribution is -0.0252. The first-order chi connectivity index (χ1) is 4.33. The maximum absolute atomic E-state index is 5.63. The maximum Gasteiger partial charge on any atom is 0.0668 e. The molecule has 0 aliphatic carbocycles. The number of ether oxygens (including phenoxy) is 1. The van der Waals surface area contributed by atoms with Gasteiger partial charge in [-0.15, -0.1) is 0 Å². The highest BCUT2D eigenvalue weighted by molar-refractivity contribution is 14.1. The van der Waals surface area contributed by atoms with Gasteiger partial charge in [-0.2, -0.15) is 0 Å². The van der Waals surface area contributed by atoms with E-state index in [1.807, 2.05) is 0 Å². The summed E-state index contributed by atoms with van der Waals surface area (Å²) >= 11 is 2.39. The van der Waals surface area contributed by atoms with E-state index in [9.17, 15) is 0 Å². The highest BCUT2D eigenvalue weighted by Crippen LogP contribution is 2.19. The number of hydrogen-bond acceptors (Lipinski definition) is 1. The Hall–Kier alpha value is 0.690. The summed E-state index contributed by atoms with van der Waals surface area (Å²) in [5, 5.41) is 0. The molecule has 9 heavy (non-hydrogen) atoms. The molecule has 0 saturated carbocycles. The second-order valence-electron chi connectivity index (χ2n) is 2.65. The first-order valence-corrected chi connectivity index (χ1v) is 5.07. The summed E-state index contributed by atoms with van der Waals surface area (Å²) in [6, 6.07) is 0. The fourth-order valence-corrected chi connectivity index (χ4v) is 1.86. The van der Waals surface area contributed by atoms with Crippen molar-refractivity contribution in [3.63, 3.8) is 0 Å². The minimum absolute atomic E-state index is 0.513. The Morgan fingerprint density at radius 3 is 2.78 bits per heavy atom. The lowest BCUT2D eigenvalue weighted by Crippen LogP contribution is -2.26. The Morgan fingerprint density at radius 2 is 2.33 bits per heavy atom. The SMILES string of the molecule is CC1CCCC(CI)O1. The minimum atomic E-state index is 0.513. The Kier molecular flexibility index (Phi) is 3.26. The summed E-state index contributed by atoms with van der Waals surface area (Å²) in [6.45, 7) is 2.17. The molecular formula is C7H13IO. The third-order valence-electron chi connectivity index (χ3n) is 1.73.